The lowest BCUT2D eigenvalue weighted by molar-refractivity contribution is 0.0987. The Balaban J connectivity index is 1.96. The molecule has 0 saturated carbocycles. The maximum atomic E-state index is 13.1. The number of hydrogen-bond acceptors (Lipinski definition) is 5. The fourth-order valence-electron chi connectivity index (χ4n) is 2.58. The van der Waals surface area contributed by atoms with Gasteiger partial charge in [0.15, 0.2) is 5.13 Å². The van der Waals surface area contributed by atoms with Crippen molar-refractivity contribution in [1.29, 1.82) is 0 Å². The molecular formula is C19H19N3O2S. The molecule has 0 saturated heterocycles. The number of thiazole rings is 1. The molecular weight excluding hydrogens is 334 g/mol. The number of aromatic nitrogens is 2. The molecule has 3 rings (SSSR count). The first-order valence-corrected chi connectivity index (χ1v) is 8.92. The Kier molecular flexibility index (Phi) is 5.09. The Labute approximate surface area is 150 Å². The van der Waals surface area contributed by atoms with Crippen LogP contribution in [-0.4, -0.2) is 22.6 Å². The third-order valence-electron chi connectivity index (χ3n) is 3.83. The van der Waals surface area contributed by atoms with Gasteiger partial charge in [-0.05, 0) is 13.3 Å². The maximum absolute atomic E-state index is 13.1. The van der Waals surface area contributed by atoms with E-state index in [0.717, 1.165) is 11.3 Å². The monoisotopic (exact) mass is 353 g/mol. The lowest BCUT2D eigenvalue weighted by Crippen LogP contribution is -2.31. The van der Waals surface area contributed by atoms with Crippen molar-refractivity contribution in [2.45, 2.75) is 20.3 Å². The molecule has 0 aliphatic heterocycles. The molecule has 5 nitrogen and oxygen atoms in total. The Hall–Kier alpha value is -2.73. The second-order valence-corrected chi connectivity index (χ2v) is 6.34. The van der Waals surface area contributed by atoms with Gasteiger partial charge in [-0.15, -0.1) is 17.9 Å². The van der Waals surface area contributed by atoms with Crippen molar-refractivity contribution in [1.82, 2.24) is 10.1 Å². The standard InChI is InChI=1S/C19H19N3O2S/c1-4-11-22(18(23)17-13(3)24-21-15(17)5-2)19-20-16(12-25-19)14-9-7-6-8-10-14/h4,6-10,12H,1,5,11H2,2-3H3. The van der Waals surface area contributed by atoms with Crippen LogP contribution in [0.3, 0.4) is 0 Å². The molecule has 0 radical (unpaired) electrons. The Bertz CT molecular complexity index is 883. The summed E-state index contributed by atoms with van der Waals surface area (Å²) >= 11 is 1.43. The van der Waals surface area contributed by atoms with E-state index < -0.39 is 0 Å². The molecule has 6 heteroatoms. The van der Waals surface area contributed by atoms with E-state index in [4.69, 9.17) is 4.52 Å². The van der Waals surface area contributed by atoms with Crippen molar-refractivity contribution in [2.75, 3.05) is 11.4 Å². The number of anilines is 1. The molecule has 2 heterocycles. The van der Waals surface area contributed by atoms with Gasteiger partial charge in [-0.3, -0.25) is 9.69 Å². The average Bonchev–Trinajstić information content (AvgIpc) is 3.26. The number of carbonyl (C=O) groups excluding carboxylic acids is 1. The summed E-state index contributed by atoms with van der Waals surface area (Å²) in [5, 5.41) is 6.56. The number of amides is 1. The summed E-state index contributed by atoms with van der Waals surface area (Å²) in [6.45, 7) is 7.83. The van der Waals surface area contributed by atoms with Gasteiger partial charge in [0.1, 0.15) is 11.3 Å². The largest absolute Gasteiger partial charge is 0.361 e. The molecule has 0 atom stereocenters. The zero-order valence-electron chi connectivity index (χ0n) is 14.2. The number of carbonyl (C=O) groups is 1. The summed E-state index contributed by atoms with van der Waals surface area (Å²) < 4.78 is 5.21. The molecule has 0 N–H and O–H groups in total. The number of hydrogen-bond donors (Lipinski definition) is 0. The number of nitrogens with zero attached hydrogens (tertiary/aromatic N) is 3. The minimum atomic E-state index is -0.163. The van der Waals surface area contributed by atoms with Crippen LogP contribution in [0.2, 0.25) is 0 Å². The normalized spacial score (nSPS) is 10.6. The quantitative estimate of drug-likeness (QED) is 0.612. The maximum Gasteiger partial charge on any atom is 0.265 e. The van der Waals surface area contributed by atoms with Crippen LogP contribution in [0.15, 0.2) is 52.9 Å². The topological polar surface area (TPSA) is 59.2 Å². The Morgan fingerprint density at radius 3 is 2.80 bits per heavy atom. The van der Waals surface area contributed by atoms with Gasteiger partial charge in [0.05, 0.1) is 11.4 Å². The first-order valence-electron chi connectivity index (χ1n) is 8.04. The van der Waals surface area contributed by atoms with Crippen LogP contribution in [0, 0.1) is 6.92 Å². The van der Waals surface area contributed by atoms with Gasteiger partial charge in [-0.25, -0.2) is 4.98 Å². The highest BCUT2D eigenvalue weighted by atomic mass is 32.1. The van der Waals surface area contributed by atoms with Crippen molar-refractivity contribution in [3.05, 3.63) is 65.4 Å². The lowest BCUT2D eigenvalue weighted by Gasteiger charge is -2.18. The summed E-state index contributed by atoms with van der Waals surface area (Å²) in [5.74, 6) is 0.361. The van der Waals surface area contributed by atoms with E-state index in [1.807, 2.05) is 42.6 Å². The van der Waals surface area contributed by atoms with Gasteiger partial charge in [0, 0.05) is 17.5 Å². The summed E-state index contributed by atoms with van der Waals surface area (Å²) in [4.78, 5) is 19.3. The molecule has 0 unspecified atom stereocenters. The van der Waals surface area contributed by atoms with Gasteiger partial charge >= 0.3 is 0 Å². The van der Waals surface area contributed by atoms with Crippen LogP contribution in [-0.2, 0) is 6.42 Å². The smallest absolute Gasteiger partial charge is 0.265 e. The van der Waals surface area contributed by atoms with Crippen LogP contribution in [0.5, 0.6) is 0 Å². The second-order valence-electron chi connectivity index (χ2n) is 5.50. The van der Waals surface area contributed by atoms with E-state index in [1.54, 1.807) is 17.9 Å². The second kappa shape index (κ2) is 7.44. The summed E-state index contributed by atoms with van der Waals surface area (Å²) in [5.41, 5.74) is 3.05. The van der Waals surface area contributed by atoms with E-state index >= 15 is 0 Å². The van der Waals surface area contributed by atoms with Gasteiger partial charge < -0.3 is 4.52 Å². The van der Waals surface area contributed by atoms with Crippen molar-refractivity contribution in [3.63, 3.8) is 0 Å². The van der Waals surface area contributed by atoms with E-state index in [9.17, 15) is 4.79 Å². The SMILES string of the molecule is C=CCN(C(=O)c1c(CC)noc1C)c1nc(-c2ccccc2)cs1. The van der Waals surface area contributed by atoms with Crippen LogP contribution < -0.4 is 4.90 Å². The number of benzene rings is 1. The Morgan fingerprint density at radius 2 is 2.12 bits per heavy atom. The fourth-order valence-corrected chi connectivity index (χ4v) is 3.42. The zero-order chi connectivity index (χ0) is 17.8. The Morgan fingerprint density at radius 1 is 1.36 bits per heavy atom. The minimum Gasteiger partial charge on any atom is -0.361 e. The molecule has 0 fully saturated rings. The number of rotatable bonds is 6. The minimum absolute atomic E-state index is 0.163. The van der Waals surface area contributed by atoms with Gasteiger partial charge in [0.25, 0.3) is 5.91 Å². The van der Waals surface area contributed by atoms with Crippen molar-refractivity contribution in [2.24, 2.45) is 0 Å². The zero-order valence-corrected chi connectivity index (χ0v) is 15.0. The van der Waals surface area contributed by atoms with E-state index in [2.05, 4.69) is 16.7 Å². The third-order valence-corrected chi connectivity index (χ3v) is 4.70. The molecule has 0 aliphatic rings. The number of aryl methyl sites for hydroxylation is 2. The predicted octanol–water partition coefficient (Wildman–Crippen LogP) is 4.50. The van der Waals surface area contributed by atoms with Crippen molar-refractivity contribution in [3.8, 4) is 11.3 Å². The van der Waals surface area contributed by atoms with E-state index in [-0.39, 0.29) is 5.91 Å². The summed E-state index contributed by atoms with van der Waals surface area (Å²) in [6, 6.07) is 9.89. The van der Waals surface area contributed by atoms with E-state index in [0.29, 0.717) is 35.1 Å². The van der Waals surface area contributed by atoms with Gasteiger partial charge in [-0.1, -0.05) is 48.5 Å². The summed E-state index contributed by atoms with van der Waals surface area (Å²) in [6.07, 6.45) is 2.32. The van der Waals surface area contributed by atoms with E-state index in [1.165, 1.54) is 11.3 Å². The highest BCUT2D eigenvalue weighted by Crippen LogP contribution is 2.29. The first-order chi connectivity index (χ1) is 12.2. The third kappa shape index (κ3) is 3.39. The molecule has 0 spiro atoms. The van der Waals surface area contributed by atoms with Gasteiger partial charge in [0.2, 0.25) is 0 Å². The molecule has 128 valence electrons. The van der Waals surface area contributed by atoms with Crippen molar-refractivity contribution >= 4 is 22.4 Å². The van der Waals surface area contributed by atoms with Crippen LogP contribution in [0.1, 0.15) is 28.7 Å². The average molecular weight is 353 g/mol. The molecule has 0 bridgehead atoms. The molecule has 25 heavy (non-hydrogen) atoms. The predicted molar refractivity (Wildman–Crippen MR) is 100 cm³/mol. The molecule has 1 amide bonds. The van der Waals surface area contributed by atoms with Crippen molar-refractivity contribution < 1.29 is 9.32 Å². The molecule has 1 aromatic carbocycles. The van der Waals surface area contributed by atoms with Gasteiger partial charge in [-0.2, -0.15) is 0 Å². The highest BCUT2D eigenvalue weighted by molar-refractivity contribution is 7.14. The molecule has 0 aliphatic carbocycles. The first kappa shape index (κ1) is 17.1. The summed E-state index contributed by atoms with van der Waals surface area (Å²) in [7, 11) is 0. The highest BCUT2D eigenvalue weighted by Gasteiger charge is 2.26. The molecule has 3 aromatic rings. The molecule has 2 aromatic heterocycles. The van der Waals surface area contributed by atoms with Crippen LogP contribution in [0.4, 0.5) is 5.13 Å². The lowest BCUT2D eigenvalue weighted by atomic mass is 10.1. The fraction of sp³-hybridized carbons (Fsp3) is 0.211. The van der Waals surface area contributed by atoms with Crippen LogP contribution in [0.25, 0.3) is 11.3 Å². The van der Waals surface area contributed by atoms with Crippen LogP contribution >= 0.6 is 11.3 Å².